The Kier molecular flexibility index (Phi) is 6.10. The van der Waals surface area contributed by atoms with E-state index in [-0.39, 0.29) is 10.8 Å². The zero-order valence-corrected chi connectivity index (χ0v) is 19.1. The molecule has 2 aliphatic carbocycles. The van der Waals surface area contributed by atoms with E-state index >= 15 is 0 Å². The standard InChI is InChI=1S/C24H39N5O2/c1-2-27-11-5-20-16-21(28-12-14-31-15-13-28)4-6-24(20,19-27)22(30)25-17-23(7-8-23)18-29-10-3-9-26-29/h3,9-10,20-21H,2,4-8,11-19H2,1H3,(H,25,30)/t20-,21+,24-/m1/s1. The highest BCUT2D eigenvalue weighted by atomic mass is 16.5. The van der Waals surface area contributed by atoms with Crippen LogP contribution in [0.1, 0.15) is 45.4 Å². The summed E-state index contributed by atoms with van der Waals surface area (Å²) in [7, 11) is 0. The predicted molar refractivity (Wildman–Crippen MR) is 120 cm³/mol. The zero-order chi connectivity index (χ0) is 21.3. The third-order valence-corrected chi connectivity index (χ3v) is 8.66. The number of ether oxygens (including phenoxy) is 1. The number of likely N-dealkylation sites (tertiary alicyclic amines) is 1. The van der Waals surface area contributed by atoms with Gasteiger partial charge in [0, 0.05) is 56.6 Å². The minimum atomic E-state index is -0.209. The first-order chi connectivity index (χ1) is 15.1. The number of amides is 1. The van der Waals surface area contributed by atoms with E-state index in [1.807, 2.05) is 23.1 Å². The summed E-state index contributed by atoms with van der Waals surface area (Å²) in [6, 6.07) is 2.60. The minimum Gasteiger partial charge on any atom is -0.379 e. The molecule has 2 saturated heterocycles. The van der Waals surface area contributed by atoms with Crippen LogP contribution in [-0.2, 0) is 16.1 Å². The van der Waals surface area contributed by atoms with Crippen LogP contribution in [0.3, 0.4) is 0 Å². The Hall–Kier alpha value is -1.44. The molecule has 31 heavy (non-hydrogen) atoms. The Morgan fingerprint density at radius 1 is 1.19 bits per heavy atom. The van der Waals surface area contributed by atoms with Crippen molar-refractivity contribution in [2.75, 3.05) is 52.5 Å². The van der Waals surface area contributed by atoms with Crippen molar-refractivity contribution in [1.82, 2.24) is 24.9 Å². The summed E-state index contributed by atoms with van der Waals surface area (Å²) in [6.45, 7) is 10.9. The lowest BCUT2D eigenvalue weighted by molar-refractivity contribution is -0.145. The normalized spacial score (nSPS) is 33.6. The number of piperidine rings is 1. The van der Waals surface area contributed by atoms with Crippen LogP contribution < -0.4 is 5.32 Å². The molecule has 0 radical (unpaired) electrons. The predicted octanol–water partition coefficient (Wildman–Crippen LogP) is 1.99. The largest absolute Gasteiger partial charge is 0.379 e. The highest BCUT2D eigenvalue weighted by Crippen LogP contribution is 2.49. The number of carbonyl (C=O) groups excluding carboxylic acids is 1. The number of hydrogen-bond donors (Lipinski definition) is 1. The lowest BCUT2D eigenvalue weighted by Gasteiger charge is -2.53. The first-order valence-corrected chi connectivity index (χ1v) is 12.4. The van der Waals surface area contributed by atoms with Crippen LogP contribution >= 0.6 is 0 Å². The summed E-state index contributed by atoms with van der Waals surface area (Å²) < 4.78 is 7.59. The number of nitrogens with one attached hydrogen (secondary N) is 1. The van der Waals surface area contributed by atoms with Gasteiger partial charge >= 0.3 is 0 Å². The molecule has 2 aliphatic heterocycles. The molecule has 3 atom stereocenters. The van der Waals surface area contributed by atoms with E-state index in [9.17, 15) is 4.79 Å². The molecule has 1 aromatic rings. The minimum absolute atomic E-state index is 0.206. The summed E-state index contributed by atoms with van der Waals surface area (Å²) in [5.41, 5.74) is -0.00322. The number of morpholine rings is 1. The maximum atomic E-state index is 13.8. The van der Waals surface area contributed by atoms with Crippen molar-refractivity contribution in [1.29, 1.82) is 0 Å². The maximum absolute atomic E-state index is 13.8. The van der Waals surface area contributed by atoms with E-state index in [2.05, 4.69) is 27.1 Å². The summed E-state index contributed by atoms with van der Waals surface area (Å²) in [6.07, 6.45) is 10.7. The molecule has 5 rings (SSSR count). The second-order valence-corrected chi connectivity index (χ2v) is 10.5. The molecule has 0 aromatic carbocycles. The van der Waals surface area contributed by atoms with E-state index < -0.39 is 0 Å². The van der Waals surface area contributed by atoms with E-state index in [1.165, 1.54) is 19.3 Å². The van der Waals surface area contributed by atoms with Crippen LogP contribution in [0.25, 0.3) is 0 Å². The van der Waals surface area contributed by atoms with Gasteiger partial charge in [0.05, 0.1) is 18.6 Å². The second kappa shape index (κ2) is 8.83. The summed E-state index contributed by atoms with van der Waals surface area (Å²) in [5.74, 6) is 0.820. The average Bonchev–Trinajstić information content (AvgIpc) is 3.39. The topological polar surface area (TPSA) is 62.6 Å². The smallest absolute Gasteiger partial charge is 0.227 e. The number of rotatable bonds is 7. The van der Waals surface area contributed by atoms with E-state index in [0.717, 1.165) is 78.3 Å². The third-order valence-electron chi connectivity index (χ3n) is 8.66. The number of hydrogen-bond acceptors (Lipinski definition) is 5. The van der Waals surface area contributed by atoms with Gasteiger partial charge in [0.25, 0.3) is 0 Å². The molecule has 0 unspecified atom stereocenters. The van der Waals surface area contributed by atoms with E-state index in [4.69, 9.17) is 4.74 Å². The Morgan fingerprint density at radius 2 is 2.03 bits per heavy atom. The maximum Gasteiger partial charge on any atom is 0.227 e. The van der Waals surface area contributed by atoms with Crippen molar-refractivity contribution in [3.8, 4) is 0 Å². The van der Waals surface area contributed by atoms with Crippen LogP contribution in [0.5, 0.6) is 0 Å². The van der Waals surface area contributed by atoms with Crippen LogP contribution in [0, 0.1) is 16.7 Å². The number of fused-ring (bicyclic) bond motifs is 1. The van der Waals surface area contributed by atoms with Crippen molar-refractivity contribution in [2.45, 2.75) is 58.0 Å². The van der Waals surface area contributed by atoms with Gasteiger partial charge in [0.15, 0.2) is 0 Å². The molecular weight excluding hydrogens is 390 g/mol. The third kappa shape index (κ3) is 4.41. The van der Waals surface area contributed by atoms with Crippen LogP contribution in [-0.4, -0.2) is 84.0 Å². The Balaban J connectivity index is 1.25. The molecular formula is C24H39N5O2. The van der Waals surface area contributed by atoms with Gasteiger partial charge in [0.1, 0.15) is 0 Å². The Morgan fingerprint density at radius 3 is 2.74 bits per heavy atom. The van der Waals surface area contributed by atoms with E-state index in [0.29, 0.717) is 17.9 Å². The van der Waals surface area contributed by atoms with Gasteiger partial charge in [-0.25, -0.2) is 0 Å². The fraction of sp³-hybridized carbons (Fsp3) is 0.833. The quantitative estimate of drug-likeness (QED) is 0.718. The van der Waals surface area contributed by atoms with Crippen molar-refractivity contribution in [2.24, 2.45) is 16.7 Å². The first-order valence-electron chi connectivity index (χ1n) is 12.4. The van der Waals surface area contributed by atoms with Gasteiger partial charge in [-0.2, -0.15) is 5.10 Å². The number of carbonyl (C=O) groups is 1. The van der Waals surface area contributed by atoms with Gasteiger partial charge in [-0.05, 0) is 63.6 Å². The fourth-order valence-electron chi connectivity index (χ4n) is 6.38. The van der Waals surface area contributed by atoms with Crippen LogP contribution in [0.15, 0.2) is 18.5 Å². The van der Waals surface area contributed by atoms with Crippen molar-refractivity contribution >= 4 is 5.91 Å². The zero-order valence-electron chi connectivity index (χ0n) is 19.1. The van der Waals surface area contributed by atoms with Crippen molar-refractivity contribution in [3.63, 3.8) is 0 Å². The Labute approximate surface area is 186 Å². The second-order valence-electron chi connectivity index (χ2n) is 10.5. The lowest BCUT2D eigenvalue weighted by atomic mass is 9.61. The van der Waals surface area contributed by atoms with Gasteiger partial charge in [-0.1, -0.05) is 6.92 Å². The number of nitrogens with zero attached hydrogens (tertiary/aromatic N) is 4. The molecule has 4 fully saturated rings. The lowest BCUT2D eigenvalue weighted by Crippen LogP contribution is -2.61. The van der Waals surface area contributed by atoms with Gasteiger partial charge in [0.2, 0.25) is 5.91 Å². The molecule has 172 valence electrons. The summed E-state index contributed by atoms with van der Waals surface area (Å²) >= 11 is 0. The van der Waals surface area contributed by atoms with E-state index in [1.54, 1.807) is 0 Å². The van der Waals surface area contributed by atoms with Gasteiger partial charge in [-0.3, -0.25) is 14.4 Å². The first kappa shape index (κ1) is 21.4. The highest BCUT2D eigenvalue weighted by Gasteiger charge is 2.53. The molecule has 7 heteroatoms. The fourth-order valence-corrected chi connectivity index (χ4v) is 6.38. The molecule has 1 aromatic heterocycles. The molecule has 0 bridgehead atoms. The molecule has 3 heterocycles. The molecule has 4 aliphatic rings. The van der Waals surface area contributed by atoms with Crippen molar-refractivity contribution in [3.05, 3.63) is 18.5 Å². The molecule has 2 saturated carbocycles. The van der Waals surface area contributed by atoms with Crippen LogP contribution in [0.2, 0.25) is 0 Å². The highest BCUT2D eigenvalue weighted by molar-refractivity contribution is 5.83. The molecule has 0 spiro atoms. The molecule has 1 amide bonds. The monoisotopic (exact) mass is 429 g/mol. The summed E-state index contributed by atoms with van der Waals surface area (Å²) in [4.78, 5) is 18.9. The molecule has 7 nitrogen and oxygen atoms in total. The van der Waals surface area contributed by atoms with Gasteiger partial charge in [-0.15, -0.1) is 0 Å². The number of aromatic nitrogens is 2. The summed E-state index contributed by atoms with van der Waals surface area (Å²) in [5, 5.41) is 7.84. The van der Waals surface area contributed by atoms with Gasteiger partial charge < -0.3 is 15.0 Å². The van der Waals surface area contributed by atoms with Crippen molar-refractivity contribution < 1.29 is 9.53 Å². The SMILES string of the molecule is CCN1CC[C@@H]2C[C@@H](N3CCOCC3)CC[C@@]2(C(=O)NCC2(Cn3cccn3)CC2)C1. The average molecular weight is 430 g/mol. The Bertz CT molecular complexity index is 743. The molecule has 1 N–H and O–H groups in total. The van der Waals surface area contributed by atoms with Crippen LogP contribution in [0.4, 0.5) is 0 Å².